The zero-order valence-corrected chi connectivity index (χ0v) is 10.6. The molecule has 0 unspecified atom stereocenters. The van der Waals surface area contributed by atoms with E-state index >= 15 is 0 Å². The van der Waals surface area contributed by atoms with Crippen LogP contribution < -0.4 is 0 Å². The summed E-state index contributed by atoms with van der Waals surface area (Å²) < 4.78 is 0. The summed E-state index contributed by atoms with van der Waals surface area (Å²) >= 11 is 3.95. The summed E-state index contributed by atoms with van der Waals surface area (Å²) in [5.74, 6) is -0.0188. The Morgan fingerprint density at radius 3 is 2.50 bits per heavy atom. The van der Waals surface area contributed by atoms with Crippen LogP contribution >= 0.6 is 12.6 Å². The standard InChI is InChI=1S/C8H8O2S.Zn/c1-5(9)6-2-3-8(11)7(10)4-6;/h2-4,10-11H,1H3;. The number of carbonyl (C=O) groups is 1. The number of phenolic OH excluding ortho intramolecular Hbond substituents is 1. The fourth-order valence-corrected chi connectivity index (χ4v) is 0.882. The minimum Gasteiger partial charge on any atom is -0.507 e. The van der Waals surface area contributed by atoms with Gasteiger partial charge in [-0.2, -0.15) is 0 Å². The van der Waals surface area contributed by atoms with Crippen LogP contribution in [0.5, 0.6) is 5.75 Å². The van der Waals surface area contributed by atoms with Crippen molar-refractivity contribution < 1.29 is 29.4 Å². The van der Waals surface area contributed by atoms with E-state index in [9.17, 15) is 4.79 Å². The smallest absolute Gasteiger partial charge is 0.159 e. The van der Waals surface area contributed by atoms with Gasteiger partial charge in [0.15, 0.2) is 5.78 Å². The molecule has 0 saturated heterocycles. The Balaban J connectivity index is 0.00000121. The SMILES string of the molecule is CC(=O)c1ccc(S)c(O)c1.[Zn]. The van der Waals surface area contributed by atoms with Gasteiger partial charge in [-0.3, -0.25) is 4.79 Å². The van der Waals surface area contributed by atoms with Gasteiger partial charge in [-0.1, -0.05) is 6.07 Å². The molecular weight excluding hydrogens is 226 g/mol. The van der Waals surface area contributed by atoms with Crippen LogP contribution in [0.4, 0.5) is 0 Å². The van der Waals surface area contributed by atoms with Crippen LogP contribution in [0.15, 0.2) is 23.1 Å². The second-order valence-electron chi connectivity index (χ2n) is 2.26. The largest absolute Gasteiger partial charge is 0.507 e. The van der Waals surface area contributed by atoms with Gasteiger partial charge in [-0.15, -0.1) is 12.6 Å². The first-order valence-corrected chi connectivity index (χ1v) is 3.59. The molecule has 0 fully saturated rings. The number of ketones is 1. The third kappa shape index (κ3) is 2.61. The number of phenols is 1. The van der Waals surface area contributed by atoms with Crippen LogP contribution in [-0.4, -0.2) is 10.9 Å². The van der Waals surface area contributed by atoms with E-state index in [2.05, 4.69) is 12.6 Å². The van der Waals surface area contributed by atoms with E-state index in [0.717, 1.165) is 0 Å². The first kappa shape index (κ1) is 11.7. The normalized spacial score (nSPS) is 8.83. The molecule has 12 heavy (non-hydrogen) atoms. The number of thiol groups is 1. The molecule has 0 heterocycles. The Bertz CT molecular complexity index is 299. The molecule has 1 aromatic rings. The molecular formula is C8H8O2SZn. The fraction of sp³-hybridized carbons (Fsp3) is 0.125. The zero-order chi connectivity index (χ0) is 8.43. The summed E-state index contributed by atoms with van der Waals surface area (Å²) in [6.45, 7) is 1.45. The van der Waals surface area contributed by atoms with Gasteiger partial charge in [0.05, 0.1) is 0 Å². The Morgan fingerprint density at radius 1 is 1.50 bits per heavy atom. The van der Waals surface area contributed by atoms with E-state index in [4.69, 9.17) is 5.11 Å². The van der Waals surface area contributed by atoms with Gasteiger partial charge in [0, 0.05) is 29.9 Å². The van der Waals surface area contributed by atoms with Crippen LogP contribution in [0, 0.1) is 0 Å². The minimum atomic E-state index is -0.0615. The third-order valence-corrected chi connectivity index (χ3v) is 1.76. The molecule has 0 amide bonds. The third-order valence-electron chi connectivity index (χ3n) is 1.38. The number of aromatic hydroxyl groups is 1. The summed E-state index contributed by atoms with van der Waals surface area (Å²) in [7, 11) is 0. The predicted molar refractivity (Wildman–Crippen MR) is 45.4 cm³/mol. The van der Waals surface area contributed by atoms with Gasteiger partial charge in [0.25, 0.3) is 0 Å². The molecule has 1 rings (SSSR count). The van der Waals surface area contributed by atoms with E-state index in [1.807, 2.05) is 0 Å². The van der Waals surface area contributed by atoms with Crippen molar-refractivity contribution in [2.75, 3.05) is 0 Å². The van der Waals surface area contributed by atoms with Crippen LogP contribution in [-0.2, 0) is 19.5 Å². The summed E-state index contributed by atoms with van der Waals surface area (Å²) in [5, 5.41) is 9.12. The van der Waals surface area contributed by atoms with Gasteiger partial charge in [-0.25, -0.2) is 0 Å². The number of carbonyl (C=O) groups excluding carboxylic acids is 1. The molecule has 0 aliphatic rings. The molecule has 2 nitrogen and oxygen atoms in total. The summed E-state index contributed by atoms with van der Waals surface area (Å²) in [5.41, 5.74) is 0.500. The number of benzene rings is 1. The molecule has 60 valence electrons. The minimum absolute atomic E-state index is 0. The number of hydrogen-bond donors (Lipinski definition) is 2. The second-order valence-corrected chi connectivity index (χ2v) is 2.74. The van der Waals surface area contributed by atoms with Crippen molar-refractivity contribution in [2.24, 2.45) is 0 Å². The Morgan fingerprint density at radius 2 is 2.08 bits per heavy atom. The van der Waals surface area contributed by atoms with Crippen molar-refractivity contribution in [3.8, 4) is 5.75 Å². The van der Waals surface area contributed by atoms with Gasteiger partial charge < -0.3 is 5.11 Å². The molecule has 0 saturated carbocycles. The topological polar surface area (TPSA) is 37.3 Å². The van der Waals surface area contributed by atoms with Crippen molar-refractivity contribution in [3.05, 3.63) is 23.8 Å². The average Bonchev–Trinajstić information content (AvgIpc) is 1.94. The van der Waals surface area contributed by atoms with Gasteiger partial charge >= 0.3 is 0 Å². The van der Waals surface area contributed by atoms with E-state index in [1.54, 1.807) is 12.1 Å². The van der Waals surface area contributed by atoms with Gasteiger partial charge in [0.2, 0.25) is 0 Å². The first-order valence-electron chi connectivity index (χ1n) is 3.14. The molecule has 0 aliphatic heterocycles. The predicted octanol–water partition coefficient (Wildman–Crippen LogP) is 1.88. The molecule has 0 aliphatic carbocycles. The molecule has 1 aromatic carbocycles. The first-order chi connectivity index (χ1) is 5.11. The maximum Gasteiger partial charge on any atom is 0.159 e. The second kappa shape index (κ2) is 4.63. The van der Waals surface area contributed by atoms with Crippen molar-refractivity contribution in [1.82, 2.24) is 0 Å². The van der Waals surface area contributed by atoms with Crippen molar-refractivity contribution >= 4 is 18.4 Å². The molecule has 0 spiro atoms. The van der Waals surface area contributed by atoms with E-state index in [-0.39, 0.29) is 31.0 Å². The Labute approximate surface area is 89.2 Å². The van der Waals surface area contributed by atoms with Gasteiger partial charge in [0.1, 0.15) is 5.75 Å². The summed E-state index contributed by atoms with van der Waals surface area (Å²) in [6, 6.07) is 4.63. The van der Waals surface area contributed by atoms with E-state index in [0.29, 0.717) is 10.5 Å². The number of hydrogen-bond acceptors (Lipinski definition) is 3. The maximum atomic E-state index is 10.8. The zero-order valence-electron chi connectivity index (χ0n) is 6.74. The molecule has 0 radical (unpaired) electrons. The fourth-order valence-electron chi connectivity index (χ4n) is 0.742. The Kier molecular flexibility index (Phi) is 4.50. The maximum absolute atomic E-state index is 10.8. The quantitative estimate of drug-likeness (QED) is 0.442. The molecule has 1 N–H and O–H groups in total. The molecule has 4 heteroatoms. The van der Waals surface area contributed by atoms with Crippen LogP contribution in [0.1, 0.15) is 17.3 Å². The summed E-state index contributed by atoms with van der Waals surface area (Å²) in [4.78, 5) is 11.3. The van der Waals surface area contributed by atoms with Gasteiger partial charge in [-0.05, 0) is 19.1 Å². The van der Waals surface area contributed by atoms with E-state index < -0.39 is 0 Å². The molecule has 0 atom stereocenters. The van der Waals surface area contributed by atoms with Crippen molar-refractivity contribution in [1.29, 1.82) is 0 Å². The number of Topliss-reactive ketones (excluding diaryl/α,β-unsaturated/α-hetero) is 1. The van der Waals surface area contributed by atoms with Crippen molar-refractivity contribution in [3.63, 3.8) is 0 Å². The molecule has 0 bridgehead atoms. The van der Waals surface area contributed by atoms with Crippen LogP contribution in [0.25, 0.3) is 0 Å². The van der Waals surface area contributed by atoms with Crippen molar-refractivity contribution in [2.45, 2.75) is 11.8 Å². The monoisotopic (exact) mass is 232 g/mol. The average molecular weight is 234 g/mol. The van der Waals surface area contributed by atoms with Crippen LogP contribution in [0.2, 0.25) is 0 Å². The number of rotatable bonds is 1. The molecule has 0 aromatic heterocycles. The van der Waals surface area contributed by atoms with Crippen LogP contribution in [0.3, 0.4) is 0 Å². The summed E-state index contributed by atoms with van der Waals surface area (Å²) in [6.07, 6.45) is 0. The van der Waals surface area contributed by atoms with E-state index in [1.165, 1.54) is 13.0 Å². The Hall–Kier alpha value is -0.337.